The maximum absolute atomic E-state index is 12.9. The van der Waals surface area contributed by atoms with Crippen molar-refractivity contribution in [3.8, 4) is 11.5 Å². The number of hydrogen-bond acceptors (Lipinski definition) is 6. The monoisotopic (exact) mass is 556 g/mol. The van der Waals surface area contributed by atoms with E-state index in [2.05, 4.69) is 5.32 Å². The molecule has 0 aromatic heterocycles. The summed E-state index contributed by atoms with van der Waals surface area (Å²) in [6.45, 7) is 2.46. The van der Waals surface area contributed by atoms with Crippen molar-refractivity contribution in [2.75, 3.05) is 51.9 Å². The lowest BCUT2D eigenvalue weighted by atomic mass is 10.1. The molecule has 0 bridgehead atoms. The lowest BCUT2D eigenvalue weighted by Crippen LogP contribution is -2.40. The fraction of sp³-hybridized carbons (Fsp3) is 0.481. The average molecular weight is 557 g/mol. The Kier molecular flexibility index (Phi) is 13.4. The van der Waals surface area contributed by atoms with Gasteiger partial charge >= 0.3 is 18.2 Å². The van der Waals surface area contributed by atoms with E-state index in [9.17, 15) is 27.9 Å². The van der Waals surface area contributed by atoms with Crippen molar-refractivity contribution in [2.45, 2.75) is 38.5 Å². The standard InChI is InChI=1S/C27H35F3N2O7/c1-3-38-24(25(33)34)18-20-8-10-22(11-9-20)39-17-14-32(13-16-37-15-5-12-27(28,29)30)26(35)31-21-6-4-7-23(19-21)36-2/h4,6-11,19,24H,3,5,12-18H2,1-2H3,(H,31,35)(H,33,34). The van der Waals surface area contributed by atoms with Crippen LogP contribution < -0.4 is 14.8 Å². The number of carbonyl (C=O) groups excluding carboxylic acids is 1. The van der Waals surface area contributed by atoms with E-state index < -0.39 is 30.7 Å². The smallest absolute Gasteiger partial charge is 0.389 e. The number of ether oxygens (including phenoxy) is 4. The maximum atomic E-state index is 12.9. The number of carboxylic acid groups (broad SMARTS) is 1. The summed E-state index contributed by atoms with van der Waals surface area (Å²) in [6.07, 6.45) is -6.04. The first-order valence-electron chi connectivity index (χ1n) is 12.5. The van der Waals surface area contributed by atoms with Crippen LogP contribution in [0.2, 0.25) is 0 Å². The lowest BCUT2D eigenvalue weighted by Gasteiger charge is -2.23. The Morgan fingerprint density at radius 2 is 1.74 bits per heavy atom. The number of anilines is 1. The average Bonchev–Trinajstić information content (AvgIpc) is 2.89. The number of amides is 2. The van der Waals surface area contributed by atoms with Gasteiger partial charge in [-0.3, -0.25) is 0 Å². The van der Waals surface area contributed by atoms with Crippen molar-refractivity contribution in [3.05, 3.63) is 54.1 Å². The Balaban J connectivity index is 1.91. The second kappa shape index (κ2) is 16.5. The molecule has 9 nitrogen and oxygen atoms in total. The zero-order valence-electron chi connectivity index (χ0n) is 22.0. The van der Waals surface area contributed by atoms with Crippen molar-refractivity contribution in [1.82, 2.24) is 4.90 Å². The van der Waals surface area contributed by atoms with Crippen LogP contribution in [0.15, 0.2) is 48.5 Å². The molecule has 0 aliphatic heterocycles. The molecular weight excluding hydrogens is 521 g/mol. The molecule has 0 saturated heterocycles. The first kappa shape index (κ1) is 31.7. The SMILES string of the molecule is CCOC(Cc1ccc(OCCN(CCOCCCC(F)(F)F)C(=O)Nc2cccc(OC)c2)cc1)C(=O)O. The van der Waals surface area contributed by atoms with E-state index in [0.29, 0.717) is 23.8 Å². The summed E-state index contributed by atoms with van der Waals surface area (Å²) >= 11 is 0. The fourth-order valence-electron chi connectivity index (χ4n) is 3.50. The molecule has 0 saturated carbocycles. The van der Waals surface area contributed by atoms with Crippen LogP contribution in [0, 0.1) is 0 Å². The number of alkyl halides is 3. The number of halogens is 3. The number of aliphatic carboxylic acids is 1. The third-order valence-electron chi connectivity index (χ3n) is 5.48. The Morgan fingerprint density at radius 3 is 2.38 bits per heavy atom. The van der Waals surface area contributed by atoms with Crippen LogP contribution in [0.1, 0.15) is 25.3 Å². The van der Waals surface area contributed by atoms with E-state index >= 15 is 0 Å². The van der Waals surface area contributed by atoms with Gasteiger partial charge in [-0.05, 0) is 43.2 Å². The summed E-state index contributed by atoms with van der Waals surface area (Å²) in [4.78, 5) is 25.6. The normalized spacial score (nSPS) is 12.0. The molecule has 39 heavy (non-hydrogen) atoms. The van der Waals surface area contributed by atoms with Gasteiger partial charge in [0.2, 0.25) is 0 Å². The highest BCUT2D eigenvalue weighted by molar-refractivity contribution is 5.89. The third kappa shape index (κ3) is 12.7. The van der Waals surface area contributed by atoms with E-state index in [4.69, 9.17) is 18.9 Å². The van der Waals surface area contributed by atoms with Crippen LogP contribution in [-0.4, -0.2) is 80.9 Å². The zero-order valence-corrected chi connectivity index (χ0v) is 22.0. The van der Waals surface area contributed by atoms with E-state index in [-0.39, 0.29) is 45.8 Å². The number of methoxy groups -OCH3 is 1. The molecule has 1 unspecified atom stereocenters. The minimum Gasteiger partial charge on any atom is -0.497 e. The molecule has 2 aromatic carbocycles. The number of nitrogens with one attached hydrogen (secondary N) is 1. The van der Waals surface area contributed by atoms with Gasteiger partial charge in [0.05, 0.1) is 20.3 Å². The highest BCUT2D eigenvalue weighted by atomic mass is 19.4. The van der Waals surface area contributed by atoms with Gasteiger partial charge in [-0.2, -0.15) is 13.2 Å². The van der Waals surface area contributed by atoms with E-state index in [0.717, 1.165) is 5.56 Å². The largest absolute Gasteiger partial charge is 0.497 e. The van der Waals surface area contributed by atoms with E-state index in [1.165, 1.54) is 12.0 Å². The molecule has 0 radical (unpaired) electrons. The Morgan fingerprint density at radius 1 is 1.03 bits per heavy atom. The van der Waals surface area contributed by atoms with Gasteiger partial charge < -0.3 is 34.3 Å². The predicted octanol–water partition coefficient (Wildman–Crippen LogP) is 5.00. The van der Waals surface area contributed by atoms with E-state index in [1.807, 2.05) is 0 Å². The molecule has 0 spiro atoms. The Bertz CT molecular complexity index is 1020. The predicted molar refractivity (Wildman–Crippen MR) is 138 cm³/mol. The molecule has 2 rings (SSSR count). The van der Waals surface area contributed by atoms with Crippen LogP contribution in [0.25, 0.3) is 0 Å². The molecule has 12 heteroatoms. The molecule has 0 fully saturated rings. The summed E-state index contributed by atoms with van der Waals surface area (Å²) in [5.74, 6) is 0.0578. The fourth-order valence-corrected chi connectivity index (χ4v) is 3.50. The number of hydrogen-bond donors (Lipinski definition) is 2. The van der Waals surface area contributed by atoms with Gasteiger partial charge in [-0.1, -0.05) is 18.2 Å². The first-order chi connectivity index (χ1) is 18.6. The van der Waals surface area contributed by atoms with Crippen LogP contribution in [0.5, 0.6) is 11.5 Å². The molecule has 2 aromatic rings. The topological polar surface area (TPSA) is 107 Å². The first-order valence-corrected chi connectivity index (χ1v) is 12.5. The summed E-state index contributed by atoms with van der Waals surface area (Å²) in [6, 6.07) is 13.3. The third-order valence-corrected chi connectivity index (χ3v) is 5.48. The number of carbonyl (C=O) groups is 2. The van der Waals surface area contributed by atoms with Gasteiger partial charge in [-0.15, -0.1) is 0 Å². The highest BCUT2D eigenvalue weighted by Crippen LogP contribution is 2.21. The van der Waals surface area contributed by atoms with Crippen LogP contribution in [0.3, 0.4) is 0 Å². The molecule has 1 atom stereocenters. The van der Waals surface area contributed by atoms with Gasteiger partial charge in [-0.25, -0.2) is 9.59 Å². The van der Waals surface area contributed by atoms with Gasteiger partial charge in [0.15, 0.2) is 6.10 Å². The van der Waals surface area contributed by atoms with Crippen LogP contribution in [-0.2, 0) is 20.7 Å². The summed E-state index contributed by atoms with van der Waals surface area (Å²) in [7, 11) is 1.51. The van der Waals surface area contributed by atoms with Gasteiger partial charge in [0.25, 0.3) is 0 Å². The number of urea groups is 1. The quantitative estimate of drug-likeness (QED) is 0.264. The summed E-state index contributed by atoms with van der Waals surface area (Å²) in [5, 5.41) is 12.0. The number of rotatable bonds is 17. The number of nitrogens with zero attached hydrogens (tertiary/aromatic N) is 1. The van der Waals surface area contributed by atoms with Gasteiger partial charge in [0.1, 0.15) is 18.1 Å². The van der Waals surface area contributed by atoms with Crippen molar-refractivity contribution >= 4 is 17.7 Å². The van der Waals surface area contributed by atoms with Crippen molar-refractivity contribution in [3.63, 3.8) is 0 Å². The molecule has 0 heterocycles. The van der Waals surface area contributed by atoms with Crippen molar-refractivity contribution in [1.29, 1.82) is 0 Å². The lowest BCUT2D eigenvalue weighted by molar-refractivity contribution is -0.150. The van der Waals surface area contributed by atoms with Crippen molar-refractivity contribution in [2.24, 2.45) is 0 Å². The Labute approximate surface area is 225 Å². The molecule has 216 valence electrons. The van der Waals surface area contributed by atoms with E-state index in [1.54, 1.807) is 55.5 Å². The number of carboxylic acids is 1. The maximum Gasteiger partial charge on any atom is 0.389 e. The van der Waals surface area contributed by atoms with Crippen molar-refractivity contribution < 1.29 is 46.8 Å². The molecule has 2 N–H and O–H groups in total. The van der Waals surface area contributed by atoms with Crippen LogP contribution >= 0.6 is 0 Å². The highest BCUT2D eigenvalue weighted by Gasteiger charge is 2.26. The number of benzene rings is 2. The minimum absolute atomic E-state index is 0.0582. The molecule has 2 amide bonds. The van der Waals surface area contributed by atoms with Gasteiger partial charge in [0, 0.05) is 44.4 Å². The summed E-state index contributed by atoms with van der Waals surface area (Å²) < 4.78 is 58.4. The molecule has 0 aliphatic carbocycles. The van der Waals surface area contributed by atoms with Crippen LogP contribution in [0.4, 0.5) is 23.7 Å². The molecular formula is C27H35F3N2O7. The summed E-state index contributed by atoms with van der Waals surface area (Å²) in [5.41, 5.74) is 1.28. The Hall–Kier alpha value is -3.51. The second-order valence-corrected chi connectivity index (χ2v) is 8.46. The second-order valence-electron chi connectivity index (χ2n) is 8.46. The minimum atomic E-state index is -4.23. The zero-order chi connectivity index (χ0) is 28.7. The molecule has 0 aliphatic rings.